The van der Waals surface area contributed by atoms with Gasteiger partial charge in [-0.05, 0) is 48.3 Å². The van der Waals surface area contributed by atoms with Crippen LogP contribution >= 0.6 is 11.8 Å². The summed E-state index contributed by atoms with van der Waals surface area (Å²) in [7, 11) is 1.74. The number of anilines is 1. The van der Waals surface area contributed by atoms with Crippen LogP contribution in [0.1, 0.15) is 11.3 Å². The lowest BCUT2D eigenvalue weighted by Gasteiger charge is -2.16. The zero-order valence-electron chi connectivity index (χ0n) is 12.3. The number of nitrogens with zero attached hydrogens (tertiary/aromatic N) is 1. The van der Waals surface area contributed by atoms with Crippen LogP contribution < -0.4 is 5.32 Å². The number of urea groups is 1. The number of rotatable bonds is 6. The summed E-state index contributed by atoms with van der Waals surface area (Å²) in [5.74, 6) is 1.87. The maximum Gasteiger partial charge on any atom is 0.321 e. The lowest BCUT2D eigenvalue weighted by Crippen LogP contribution is -2.30. The van der Waals surface area contributed by atoms with Crippen LogP contribution in [0.2, 0.25) is 0 Å². The Morgan fingerprint density at radius 2 is 2.05 bits per heavy atom. The zero-order chi connectivity index (χ0) is 15.1. The lowest BCUT2D eigenvalue weighted by atomic mass is 10.1. The van der Waals surface area contributed by atoms with E-state index < -0.39 is 0 Å². The summed E-state index contributed by atoms with van der Waals surface area (Å²) < 4.78 is 5.23. The molecule has 112 valence electrons. The summed E-state index contributed by atoms with van der Waals surface area (Å²) in [5.41, 5.74) is 2.09. The van der Waals surface area contributed by atoms with Crippen molar-refractivity contribution in [1.29, 1.82) is 0 Å². The number of hydrogen-bond donors (Lipinski definition) is 1. The highest BCUT2D eigenvalue weighted by atomic mass is 32.2. The van der Waals surface area contributed by atoms with Gasteiger partial charge < -0.3 is 14.6 Å². The van der Waals surface area contributed by atoms with Crippen LogP contribution in [-0.2, 0) is 13.0 Å². The monoisotopic (exact) mass is 304 g/mol. The second-order valence-corrected chi connectivity index (χ2v) is 5.79. The van der Waals surface area contributed by atoms with Gasteiger partial charge in [-0.1, -0.05) is 12.1 Å². The second-order valence-electron chi connectivity index (χ2n) is 4.81. The number of thioether (sulfide) groups is 1. The van der Waals surface area contributed by atoms with Gasteiger partial charge in [-0.15, -0.1) is 0 Å². The van der Waals surface area contributed by atoms with Crippen molar-refractivity contribution in [2.75, 3.05) is 24.4 Å². The number of carbonyl (C=O) groups is 1. The molecule has 1 heterocycles. The third-order valence-corrected chi connectivity index (χ3v) is 3.73. The molecule has 2 aromatic rings. The molecule has 0 aliphatic carbocycles. The molecule has 1 aromatic heterocycles. The van der Waals surface area contributed by atoms with Crippen molar-refractivity contribution in [1.82, 2.24) is 4.90 Å². The van der Waals surface area contributed by atoms with E-state index in [1.165, 1.54) is 5.56 Å². The highest BCUT2D eigenvalue weighted by Crippen LogP contribution is 2.13. The molecule has 2 rings (SSSR count). The van der Waals surface area contributed by atoms with Gasteiger partial charge in [0.05, 0.1) is 12.8 Å². The second kappa shape index (κ2) is 7.78. The van der Waals surface area contributed by atoms with Crippen molar-refractivity contribution < 1.29 is 9.21 Å². The minimum absolute atomic E-state index is 0.150. The Bertz CT molecular complexity index is 552. The number of benzene rings is 1. The third kappa shape index (κ3) is 4.86. The molecule has 1 N–H and O–H groups in total. The third-order valence-electron chi connectivity index (χ3n) is 3.12. The van der Waals surface area contributed by atoms with Gasteiger partial charge in [0, 0.05) is 12.7 Å². The molecule has 2 amide bonds. The first kappa shape index (κ1) is 15.5. The number of aryl methyl sites for hydroxylation is 1. The molecule has 21 heavy (non-hydrogen) atoms. The largest absolute Gasteiger partial charge is 0.467 e. The molecular formula is C16H20N2O2S. The summed E-state index contributed by atoms with van der Waals surface area (Å²) in [5, 5.41) is 2.88. The van der Waals surface area contributed by atoms with Crippen LogP contribution in [0.4, 0.5) is 10.5 Å². The fraction of sp³-hybridized carbons (Fsp3) is 0.312. The van der Waals surface area contributed by atoms with E-state index in [2.05, 4.69) is 23.7 Å². The Morgan fingerprint density at radius 3 is 2.67 bits per heavy atom. The molecule has 0 saturated heterocycles. The van der Waals surface area contributed by atoms with Crippen molar-refractivity contribution >= 4 is 23.5 Å². The standard InChI is InChI=1S/C16H20N2O2S/c1-18(12-15-4-3-10-20-15)16(19)17-14-7-5-13(6-8-14)9-11-21-2/h3-8,10H,9,11-12H2,1-2H3,(H,17,19). The molecule has 0 aliphatic rings. The fourth-order valence-corrected chi connectivity index (χ4v) is 2.34. The van der Waals surface area contributed by atoms with Gasteiger partial charge in [0.1, 0.15) is 5.76 Å². The summed E-state index contributed by atoms with van der Waals surface area (Å²) >= 11 is 1.83. The van der Waals surface area contributed by atoms with Crippen molar-refractivity contribution in [3.63, 3.8) is 0 Å². The topological polar surface area (TPSA) is 45.5 Å². The average Bonchev–Trinajstić information content (AvgIpc) is 2.99. The number of nitrogens with one attached hydrogen (secondary N) is 1. The van der Waals surface area contributed by atoms with Crippen LogP contribution in [-0.4, -0.2) is 30.0 Å². The molecule has 0 fully saturated rings. The Kier molecular flexibility index (Phi) is 5.75. The molecule has 0 aliphatic heterocycles. The van der Waals surface area contributed by atoms with Gasteiger partial charge in [-0.3, -0.25) is 0 Å². The van der Waals surface area contributed by atoms with Gasteiger partial charge in [0.2, 0.25) is 0 Å². The van der Waals surface area contributed by atoms with Crippen LogP contribution in [0, 0.1) is 0 Å². The minimum Gasteiger partial charge on any atom is -0.467 e. The Labute approximate surface area is 129 Å². The maximum absolute atomic E-state index is 12.1. The quantitative estimate of drug-likeness (QED) is 0.881. The normalized spacial score (nSPS) is 10.4. The molecule has 4 nitrogen and oxygen atoms in total. The number of amides is 2. The van der Waals surface area contributed by atoms with E-state index in [1.807, 2.05) is 36.0 Å². The first-order chi connectivity index (χ1) is 10.2. The van der Waals surface area contributed by atoms with E-state index in [4.69, 9.17) is 4.42 Å². The molecule has 0 radical (unpaired) electrons. The molecule has 0 atom stereocenters. The van der Waals surface area contributed by atoms with Crippen LogP contribution in [0.25, 0.3) is 0 Å². The van der Waals surface area contributed by atoms with Crippen molar-refractivity contribution in [3.8, 4) is 0 Å². The van der Waals surface area contributed by atoms with E-state index in [-0.39, 0.29) is 6.03 Å². The van der Waals surface area contributed by atoms with E-state index in [0.717, 1.165) is 23.6 Å². The van der Waals surface area contributed by atoms with E-state index >= 15 is 0 Å². The van der Waals surface area contributed by atoms with Gasteiger partial charge in [-0.25, -0.2) is 4.79 Å². The number of hydrogen-bond acceptors (Lipinski definition) is 3. The van der Waals surface area contributed by atoms with Gasteiger partial charge >= 0.3 is 6.03 Å². The molecule has 0 saturated carbocycles. The highest BCUT2D eigenvalue weighted by molar-refractivity contribution is 7.98. The smallest absolute Gasteiger partial charge is 0.321 e. The zero-order valence-corrected chi connectivity index (χ0v) is 13.2. The summed E-state index contributed by atoms with van der Waals surface area (Å²) in [4.78, 5) is 13.6. The fourth-order valence-electron chi connectivity index (χ4n) is 1.90. The molecule has 0 unspecified atom stereocenters. The molecule has 0 spiro atoms. The summed E-state index contributed by atoms with van der Waals surface area (Å²) in [6, 6.07) is 11.5. The first-order valence-electron chi connectivity index (χ1n) is 6.81. The lowest BCUT2D eigenvalue weighted by molar-refractivity contribution is 0.217. The van der Waals surface area contributed by atoms with Crippen molar-refractivity contribution in [3.05, 3.63) is 54.0 Å². The Hall–Kier alpha value is -1.88. The predicted molar refractivity (Wildman–Crippen MR) is 87.7 cm³/mol. The molecule has 1 aromatic carbocycles. The van der Waals surface area contributed by atoms with Crippen LogP contribution in [0.5, 0.6) is 0 Å². The van der Waals surface area contributed by atoms with Crippen molar-refractivity contribution in [2.24, 2.45) is 0 Å². The van der Waals surface area contributed by atoms with E-state index in [9.17, 15) is 4.79 Å². The molecular weight excluding hydrogens is 284 g/mol. The summed E-state index contributed by atoms with van der Waals surface area (Å²) in [6.07, 6.45) is 4.76. The highest BCUT2D eigenvalue weighted by Gasteiger charge is 2.10. The van der Waals surface area contributed by atoms with Crippen LogP contribution in [0.3, 0.4) is 0 Å². The van der Waals surface area contributed by atoms with E-state index in [0.29, 0.717) is 6.54 Å². The van der Waals surface area contributed by atoms with Gasteiger partial charge in [0.25, 0.3) is 0 Å². The minimum atomic E-state index is -0.150. The van der Waals surface area contributed by atoms with Crippen LogP contribution in [0.15, 0.2) is 47.1 Å². The Morgan fingerprint density at radius 1 is 1.29 bits per heavy atom. The van der Waals surface area contributed by atoms with E-state index in [1.54, 1.807) is 18.2 Å². The number of furan rings is 1. The molecule has 0 bridgehead atoms. The number of carbonyl (C=O) groups excluding carboxylic acids is 1. The average molecular weight is 304 g/mol. The maximum atomic E-state index is 12.1. The molecule has 5 heteroatoms. The summed E-state index contributed by atoms with van der Waals surface area (Å²) in [6.45, 7) is 0.449. The van der Waals surface area contributed by atoms with Gasteiger partial charge in [0.15, 0.2) is 0 Å². The van der Waals surface area contributed by atoms with Crippen molar-refractivity contribution in [2.45, 2.75) is 13.0 Å². The first-order valence-corrected chi connectivity index (χ1v) is 8.21. The Balaban J connectivity index is 1.86. The predicted octanol–water partition coefficient (Wildman–Crippen LogP) is 3.85. The van der Waals surface area contributed by atoms with Gasteiger partial charge in [-0.2, -0.15) is 11.8 Å². The SMILES string of the molecule is CSCCc1ccc(NC(=O)N(C)Cc2ccco2)cc1.